The van der Waals surface area contributed by atoms with Crippen molar-refractivity contribution in [2.24, 2.45) is 5.14 Å². The van der Waals surface area contributed by atoms with Gasteiger partial charge in [-0.2, -0.15) is 0 Å². The van der Waals surface area contributed by atoms with E-state index < -0.39 is 10.0 Å². The fourth-order valence-electron chi connectivity index (χ4n) is 0.804. The van der Waals surface area contributed by atoms with Gasteiger partial charge in [-0.1, -0.05) is 0 Å². The van der Waals surface area contributed by atoms with Crippen molar-refractivity contribution in [2.45, 2.75) is 11.3 Å². The number of terminal acetylenes is 1. The molecule has 0 radical (unpaired) electrons. The first-order valence-electron chi connectivity index (χ1n) is 3.08. The molecule has 12 heavy (non-hydrogen) atoms. The van der Waals surface area contributed by atoms with Crippen molar-refractivity contribution in [1.29, 1.82) is 0 Å². The first-order valence-corrected chi connectivity index (χ1v) is 5.51. The molecule has 0 unspecified atom stereocenters. The Labute approximate surface area is 75.3 Å². The summed E-state index contributed by atoms with van der Waals surface area (Å²) in [5.74, 6) is 2.37. The van der Waals surface area contributed by atoms with E-state index in [2.05, 4.69) is 5.92 Å². The summed E-state index contributed by atoms with van der Waals surface area (Å²) in [5.41, 5.74) is 0. The molecular formula is C7H7NO2S2. The number of rotatable bonds is 2. The molecule has 5 heteroatoms. The van der Waals surface area contributed by atoms with E-state index in [1.807, 2.05) is 0 Å². The second-order valence-corrected chi connectivity index (χ2v) is 4.66. The number of thiophene rings is 1. The number of hydrogen-bond donors (Lipinski definition) is 1. The first kappa shape index (κ1) is 9.26. The molecule has 1 aromatic heterocycles. The highest BCUT2D eigenvalue weighted by Gasteiger charge is 2.13. The van der Waals surface area contributed by atoms with Gasteiger partial charge in [0.1, 0.15) is 0 Å². The highest BCUT2D eigenvalue weighted by Crippen LogP contribution is 2.20. The zero-order chi connectivity index (χ0) is 9.19. The maximum Gasteiger partial charge on any atom is 0.239 e. The molecule has 0 spiro atoms. The Balaban J connectivity index is 3.19. The Hall–Kier alpha value is -0.830. The average Bonchev–Trinajstić information content (AvgIpc) is 2.34. The molecule has 0 aliphatic heterocycles. The Morgan fingerprint density at radius 3 is 2.83 bits per heavy atom. The third kappa shape index (κ3) is 1.85. The molecule has 0 atom stereocenters. The van der Waals surface area contributed by atoms with E-state index in [1.165, 1.54) is 17.4 Å². The van der Waals surface area contributed by atoms with Gasteiger partial charge in [-0.3, -0.25) is 0 Å². The van der Waals surface area contributed by atoms with Crippen LogP contribution >= 0.6 is 11.3 Å². The molecule has 0 fully saturated rings. The molecule has 0 saturated heterocycles. The highest BCUT2D eigenvalue weighted by atomic mass is 32.2. The molecule has 1 rings (SSSR count). The maximum atomic E-state index is 10.9. The van der Waals surface area contributed by atoms with Crippen LogP contribution in [0.2, 0.25) is 0 Å². The monoisotopic (exact) mass is 201 g/mol. The predicted molar refractivity (Wildman–Crippen MR) is 48.2 cm³/mol. The lowest BCUT2D eigenvalue weighted by molar-refractivity contribution is 0.597. The fraction of sp³-hybridized carbons (Fsp3) is 0.143. The van der Waals surface area contributed by atoms with Crippen molar-refractivity contribution in [2.75, 3.05) is 0 Å². The van der Waals surface area contributed by atoms with Crippen LogP contribution in [-0.2, 0) is 16.4 Å². The molecule has 0 saturated carbocycles. The molecule has 0 bridgehead atoms. The molecule has 3 nitrogen and oxygen atoms in total. The van der Waals surface area contributed by atoms with Gasteiger partial charge in [-0.05, 0) is 11.4 Å². The van der Waals surface area contributed by atoms with Crippen LogP contribution in [0.4, 0.5) is 0 Å². The third-order valence-corrected chi connectivity index (χ3v) is 3.32. The summed E-state index contributed by atoms with van der Waals surface area (Å²) in [6.07, 6.45) is 5.36. The lowest BCUT2D eigenvalue weighted by Crippen LogP contribution is -2.12. The van der Waals surface area contributed by atoms with Crippen molar-refractivity contribution >= 4 is 21.4 Å². The topological polar surface area (TPSA) is 60.2 Å². The summed E-state index contributed by atoms with van der Waals surface area (Å²) in [5, 5.41) is 6.60. The predicted octanol–water partition coefficient (Wildman–Crippen LogP) is 0.571. The van der Waals surface area contributed by atoms with E-state index in [1.54, 1.807) is 5.38 Å². The van der Waals surface area contributed by atoms with Gasteiger partial charge in [0.2, 0.25) is 10.0 Å². The smallest absolute Gasteiger partial charge is 0.225 e. The zero-order valence-corrected chi connectivity index (χ0v) is 7.78. The quantitative estimate of drug-likeness (QED) is 0.711. The molecule has 0 aliphatic carbocycles. The summed E-state index contributed by atoms with van der Waals surface area (Å²) in [6.45, 7) is 0. The van der Waals surface area contributed by atoms with E-state index in [4.69, 9.17) is 11.6 Å². The van der Waals surface area contributed by atoms with Gasteiger partial charge in [0.05, 0.1) is 4.90 Å². The summed E-state index contributed by atoms with van der Waals surface area (Å²) in [7, 11) is -3.60. The van der Waals surface area contributed by atoms with Crippen LogP contribution in [-0.4, -0.2) is 8.42 Å². The van der Waals surface area contributed by atoms with E-state index in [0.717, 1.165) is 0 Å². The molecule has 2 N–H and O–H groups in total. The third-order valence-electron chi connectivity index (χ3n) is 1.27. The van der Waals surface area contributed by atoms with Crippen molar-refractivity contribution in [3.05, 3.63) is 16.3 Å². The minimum absolute atomic E-state index is 0.144. The zero-order valence-electron chi connectivity index (χ0n) is 6.15. The Morgan fingerprint density at radius 2 is 2.33 bits per heavy atom. The van der Waals surface area contributed by atoms with E-state index in [-0.39, 0.29) is 4.90 Å². The van der Waals surface area contributed by atoms with E-state index in [0.29, 0.717) is 11.3 Å². The van der Waals surface area contributed by atoms with Gasteiger partial charge >= 0.3 is 0 Å². The molecule has 1 heterocycles. The van der Waals surface area contributed by atoms with Crippen LogP contribution in [0, 0.1) is 12.3 Å². The Bertz CT molecular complexity index is 411. The second kappa shape index (κ2) is 3.27. The molecule has 1 aromatic rings. The normalized spacial score (nSPS) is 11.0. The van der Waals surface area contributed by atoms with E-state index in [9.17, 15) is 8.42 Å². The van der Waals surface area contributed by atoms with Crippen molar-refractivity contribution in [1.82, 2.24) is 0 Å². The summed E-state index contributed by atoms with van der Waals surface area (Å²) >= 11 is 1.30. The van der Waals surface area contributed by atoms with Gasteiger partial charge < -0.3 is 0 Å². The highest BCUT2D eigenvalue weighted by molar-refractivity contribution is 7.89. The maximum absolute atomic E-state index is 10.9. The minimum Gasteiger partial charge on any atom is -0.225 e. The largest absolute Gasteiger partial charge is 0.239 e. The molecular weight excluding hydrogens is 194 g/mol. The Morgan fingerprint density at radius 1 is 1.67 bits per heavy atom. The fourth-order valence-corrected chi connectivity index (χ4v) is 2.75. The molecule has 64 valence electrons. The number of sulfonamides is 1. The minimum atomic E-state index is -3.60. The first-order chi connectivity index (χ1) is 5.55. The molecule has 0 aliphatic rings. The SMILES string of the molecule is C#CCc1sccc1S(N)(=O)=O. The second-order valence-electron chi connectivity index (χ2n) is 2.13. The van der Waals surface area contributed by atoms with E-state index >= 15 is 0 Å². The summed E-state index contributed by atoms with van der Waals surface area (Å²) in [6, 6.07) is 1.46. The van der Waals surface area contributed by atoms with Crippen LogP contribution in [0.5, 0.6) is 0 Å². The lowest BCUT2D eigenvalue weighted by atomic mass is 10.4. The Kier molecular flexibility index (Phi) is 2.52. The molecule has 0 aromatic carbocycles. The van der Waals surface area contributed by atoms with Crippen molar-refractivity contribution < 1.29 is 8.42 Å². The van der Waals surface area contributed by atoms with Crippen LogP contribution in [0.1, 0.15) is 4.88 Å². The van der Waals surface area contributed by atoms with Crippen molar-refractivity contribution in [3.8, 4) is 12.3 Å². The van der Waals surface area contributed by atoms with Crippen molar-refractivity contribution in [3.63, 3.8) is 0 Å². The number of nitrogens with two attached hydrogens (primary N) is 1. The van der Waals surface area contributed by atoms with Gasteiger partial charge in [0.25, 0.3) is 0 Å². The van der Waals surface area contributed by atoms with Gasteiger partial charge in [0.15, 0.2) is 0 Å². The number of hydrogen-bond acceptors (Lipinski definition) is 3. The summed E-state index contributed by atoms with van der Waals surface area (Å²) in [4.78, 5) is 0.769. The van der Waals surface area contributed by atoms with Crippen LogP contribution in [0.25, 0.3) is 0 Å². The van der Waals surface area contributed by atoms with Gasteiger partial charge in [0, 0.05) is 11.3 Å². The molecule has 0 amide bonds. The standard InChI is InChI=1S/C7H7NO2S2/c1-2-3-6-7(4-5-11-6)12(8,9)10/h1,4-5H,3H2,(H2,8,9,10). The lowest BCUT2D eigenvalue weighted by Gasteiger charge is -1.95. The van der Waals surface area contributed by atoms with Crippen LogP contribution in [0.3, 0.4) is 0 Å². The number of primary sulfonamides is 1. The van der Waals surface area contributed by atoms with Gasteiger partial charge in [-0.15, -0.1) is 23.7 Å². The van der Waals surface area contributed by atoms with Crippen LogP contribution < -0.4 is 5.14 Å². The summed E-state index contributed by atoms with van der Waals surface area (Å²) < 4.78 is 21.8. The van der Waals surface area contributed by atoms with Gasteiger partial charge in [-0.25, -0.2) is 13.6 Å². The van der Waals surface area contributed by atoms with Crippen LogP contribution in [0.15, 0.2) is 16.3 Å². The average molecular weight is 201 g/mol.